The molecule has 3 N–H and O–H groups in total. The van der Waals surface area contributed by atoms with E-state index in [1.165, 1.54) is 6.21 Å². The first-order valence-electron chi connectivity index (χ1n) is 9.12. The monoisotopic (exact) mass is 386 g/mol. The molecule has 0 aliphatic carbocycles. The van der Waals surface area contributed by atoms with Gasteiger partial charge in [0, 0.05) is 18.4 Å². The molecule has 7 heteroatoms. The van der Waals surface area contributed by atoms with Crippen LogP contribution >= 0.6 is 0 Å². The molecule has 0 unspecified atom stereocenters. The van der Waals surface area contributed by atoms with E-state index in [9.17, 15) is 14.7 Å². The minimum Gasteiger partial charge on any atom is -0.507 e. The van der Waals surface area contributed by atoms with Crippen molar-refractivity contribution in [2.75, 3.05) is 0 Å². The fourth-order valence-corrected chi connectivity index (χ4v) is 3.11. The van der Waals surface area contributed by atoms with Gasteiger partial charge in [-0.2, -0.15) is 5.10 Å². The second-order valence-corrected chi connectivity index (χ2v) is 6.54. The molecule has 1 heterocycles. The Balaban J connectivity index is 1.43. The van der Waals surface area contributed by atoms with Crippen LogP contribution in [0.15, 0.2) is 70.6 Å². The Morgan fingerprint density at radius 1 is 1.10 bits per heavy atom. The van der Waals surface area contributed by atoms with Crippen molar-refractivity contribution < 1.29 is 9.90 Å². The number of phenols is 1. The van der Waals surface area contributed by atoms with Crippen molar-refractivity contribution in [3.8, 4) is 5.75 Å². The first-order valence-corrected chi connectivity index (χ1v) is 9.12. The van der Waals surface area contributed by atoms with Gasteiger partial charge in [-0.1, -0.05) is 42.5 Å². The Bertz CT molecular complexity index is 1290. The highest BCUT2D eigenvalue weighted by atomic mass is 16.3. The normalized spacial score (nSPS) is 11.3. The number of benzene rings is 3. The van der Waals surface area contributed by atoms with Crippen LogP contribution in [0.5, 0.6) is 5.75 Å². The number of H-pyrrole nitrogens is 1. The summed E-state index contributed by atoms with van der Waals surface area (Å²) in [6.07, 6.45) is 1.67. The lowest BCUT2D eigenvalue weighted by Crippen LogP contribution is -2.21. The van der Waals surface area contributed by atoms with Crippen LogP contribution in [0.1, 0.15) is 17.7 Å². The number of carbonyl (C=O) groups excluding carboxylic acids is 1. The van der Waals surface area contributed by atoms with Crippen LogP contribution in [0.4, 0.5) is 0 Å². The van der Waals surface area contributed by atoms with E-state index in [-0.39, 0.29) is 30.1 Å². The van der Waals surface area contributed by atoms with Crippen LogP contribution < -0.4 is 11.0 Å². The lowest BCUT2D eigenvalue weighted by molar-refractivity contribution is -0.121. The summed E-state index contributed by atoms with van der Waals surface area (Å²) in [6, 6.07) is 18.2. The van der Waals surface area contributed by atoms with Gasteiger partial charge in [-0.25, -0.2) is 10.4 Å². The predicted octanol–water partition coefficient (Wildman–Crippen LogP) is 2.86. The average molecular weight is 386 g/mol. The molecule has 0 bridgehead atoms. The Kier molecular flexibility index (Phi) is 5.03. The van der Waals surface area contributed by atoms with Crippen molar-refractivity contribution >= 4 is 33.9 Å². The predicted molar refractivity (Wildman–Crippen MR) is 112 cm³/mol. The molecule has 0 fully saturated rings. The second-order valence-electron chi connectivity index (χ2n) is 6.54. The third kappa shape index (κ3) is 3.98. The van der Waals surface area contributed by atoms with Crippen molar-refractivity contribution in [2.45, 2.75) is 12.8 Å². The van der Waals surface area contributed by atoms with Gasteiger partial charge in [-0.05, 0) is 29.0 Å². The van der Waals surface area contributed by atoms with Gasteiger partial charge < -0.3 is 10.1 Å². The maximum Gasteiger partial charge on any atom is 0.270 e. The summed E-state index contributed by atoms with van der Waals surface area (Å²) in [5, 5.41) is 15.8. The molecule has 144 valence electrons. The minimum atomic E-state index is -0.352. The third-order valence-corrected chi connectivity index (χ3v) is 4.59. The number of aryl methyl sites for hydroxylation is 1. The van der Waals surface area contributed by atoms with E-state index < -0.39 is 0 Å². The number of rotatable bonds is 5. The zero-order valence-corrected chi connectivity index (χ0v) is 15.4. The summed E-state index contributed by atoms with van der Waals surface area (Å²) in [6.45, 7) is 0. The van der Waals surface area contributed by atoms with Crippen molar-refractivity contribution in [1.29, 1.82) is 0 Å². The fourth-order valence-electron chi connectivity index (χ4n) is 3.11. The van der Waals surface area contributed by atoms with Crippen LogP contribution in [-0.4, -0.2) is 27.2 Å². The lowest BCUT2D eigenvalue weighted by Gasteiger charge is -2.05. The molecule has 0 aliphatic rings. The minimum absolute atomic E-state index is 0.0628. The average Bonchev–Trinajstić information content (AvgIpc) is 2.74. The highest BCUT2D eigenvalue weighted by molar-refractivity contribution is 6.02. The van der Waals surface area contributed by atoms with E-state index in [4.69, 9.17) is 0 Å². The van der Waals surface area contributed by atoms with Gasteiger partial charge >= 0.3 is 0 Å². The number of carbonyl (C=O) groups is 1. The smallest absolute Gasteiger partial charge is 0.270 e. The van der Waals surface area contributed by atoms with E-state index in [1.54, 1.807) is 18.2 Å². The zero-order chi connectivity index (χ0) is 20.2. The summed E-state index contributed by atoms with van der Waals surface area (Å²) in [5.74, 6) is -0.274. The van der Waals surface area contributed by atoms with Crippen molar-refractivity contribution in [3.63, 3.8) is 0 Å². The number of nitrogens with one attached hydrogen (secondary N) is 2. The number of phenolic OH excluding ortho intramolecular Hbond substituents is 1. The summed E-state index contributed by atoms with van der Waals surface area (Å²) in [7, 11) is 0. The van der Waals surface area contributed by atoms with Gasteiger partial charge in [-0.3, -0.25) is 9.59 Å². The van der Waals surface area contributed by atoms with Gasteiger partial charge in [0.15, 0.2) is 0 Å². The summed E-state index contributed by atoms with van der Waals surface area (Å²) in [5.41, 5.74) is 4.28. The SMILES string of the molecule is O=C(CCc1nc2ccccc2[nH]c1=O)N/N=C\c1c(O)ccc2ccccc12. The van der Waals surface area contributed by atoms with Gasteiger partial charge in [0.05, 0.1) is 17.2 Å². The van der Waals surface area contributed by atoms with Crippen molar-refractivity contribution in [1.82, 2.24) is 15.4 Å². The maximum atomic E-state index is 12.1. The number of aromatic nitrogens is 2. The van der Waals surface area contributed by atoms with E-state index in [0.717, 1.165) is 10.8 Å². The van der Waals surface area contributed by atoms with E-state index in [2.05, 4.69) is 20.5 Å². The number of hydrazone groups is 1. The Hall–Kier alpha value is -4.00. The van der Waals surface area contributed by atoms with Crippen LogP contribution in [0.25, 0.3) is 21.8 Å². The molecule has 0 aliphatic heterocycles. The van der Waals surface area contributed by atoms with Gasteiger partial charge in [0.1, 0.15) is 11.4 Å². The number of hydrogen-bond donors (Lipinski definition) is 3. The van der Waals surface area contributed by atoms with Crippen LogP contribution in [0, 0.1) is 0 Å². The first kappa shape index (κ1) is 18.4. The molecule has 0 atom stereocenters. The molecule has 1 amide bonds. The number of aromatic amines is 1. The molecule has 0 saturated carbocycles. The summed E-state index contributed by atoms with van der Waals surface area (Å²) in [4.78, 5) is 31.3. The Labute approximate surface area is 165 Å². The molecule has 0 radical (unpaired) electrons. The van der Waals surface area contributed by atoms with Crippen LogP contribution in [0.2, 0.25) is 0 Å². The molecule has 29 heavy (non-hydrogen) atoms. The number of aromatic hydroxyl groups is 1. The first-order chi connectivity index (χ1) is 14.1. The van der Waals surface area contributed by atoms with Crippen LogP contribution in [-0.2, 0) is 11.2 Å². The Morgan fingerprint density at radius 3 is 2.79 bits per heavy atom. The Morgan fingerprint density at radius 2 is 1.90 bits per heavy atom. The molecule has 4 aromatic rings. The summed E-state index contributed by atoms with van der Waals surface area (Å²) < 4.78 is 0. The summed E-state index contributed by atoms with van der Waals surface area (Å²) >= 11 is 0. The largest absolute Gasteiger partial charge is 0.507 e. The topological polar surface area (TPSA) is 107 Å². The van der Waals surface area contributed by atoms with Crippen molar-refractivity contribution in [3.05, 3.63) is 82.3 Å². The molecule has 3 aromatic carbocycles. The quantitative estimate of drug-likeness (QED) is 0.362. The number of amides is 1. The van der Waals surface area contributed by atoms with Crippen molar-refractivity contribution in [2.24, 2.45) is 5.10 Å². The van der Waals surface area contributed by atoms with E-state index in [0.29, 0.717) is 22.3 Å². The van der Waals surface area contributed by atoms with Gasteiger partial charge in [0.2, 0.25) is 5.91 Å². The maximum absolute atomic E-state index is 12.1. The van der Waals surface area contributed by atoms with E-state index in [1.807, 2.05) is 42.5 Å². The van der Waals surface area contributed by atoms with Gasteiger partial charge in [-0.15, -0.1) is 0 Å². The van der Waals surface area contributed by atoms with Crippen LogP contribution in [0.3, 0.4) is 0 Å². The number of hydrogen-bond acceptors (Lipinski definition) is 5. The number of fused-ring (bicyclic) bond motifs is 2. The molecule has 1 aromatic heterocycles. The number of nitrogens with zero attached hydrogens (tertiary/aromatic N) is 2. The standard InChI is InChI=1S/C22H18N4O3/c27-20-11-9-14-5-1-2-6-15(14)16(20)13-23-26-21(28)12-10-19-22(29)25-18-8-4-3-7-17(18)24-19/h1-9,11,13,27H,10,12H2,(H,25,29)(H,26,28)/b23-13-. The lowest BCUT2D eigenvalue weighted by atomic mass is 10.0. The zero-order valence-electron chi connectivity index (χ0n) is 15.4. The molecular weight excluding hydrogens is 368 g/mol. The highest BCUT2D eigenvalue weighted by Gasteiger charge is 2.08. The number of para-hydroxylation sites is 2. The molecule has 0 spiro atoms. The molecule has 4 rings (SSSR count). The molecule has 7 nitrogen and oxygen atoms in total. The molecule has 0 saturated heterocycles. The fraction of sp³-hybridized carbons (Fsp3) is 0.0909. The second kappa shape index (κ2) is 7.93. The molecular formula is C22H18N4O3. The third-order valence-electron chi connectivity index (χ3n) is 4.59. The highest BCUT2D eigenvalue weighted by Crippen LogP contribution is 2.25. The van der Waals surface area contributed by atoms with E-state index >= 15 is 0 Å². The van der Waals surface area contributed by atoms with Gasteiger partial charge in [0.25, 0.3) is 5.56 Å².